The first kappa shape index (κ1) is 7.86. The van der Waals surface area contributed by atoms with Crippen LogP contribution in [0.15, 0.2) is 0 Å². The van der Waals surface area contributed by atoms with Crippen LogP contribution >= 0.6 is 0 Å². The Morgan fingerprint density at radius 1 is 1.42 bits per heavy atom. The lowest BCUT2D eigenvalue weighted by atomic mass is 10.0. The number of nitrogens with one attached hydrogen (secondary N) is 2. The highest BCUT2D eigenvalue weighted by molar-refractivity contribution is 5.69. The number of piperidine rings is 1. The molecule has 2 aliphatic heterocycles. The van der Waals surface area contributed by atoms with Gasteiger partial charge in [0, 0.05) is 6.04 Å². The Hall–Kier alpha value is -0.770. The van der Waals surface area contributed by atoms with Gasteiger partial charge in [-0.25, -0.2) is 4.79 Å². The molecule has 2 unspecified atom stereocenters. The Morgan fingerprint density at radius 3 is 2.92 bits per heavy atom. The molecular formula is C8H14N2O2. The van der Waals surface area contributed by atoms with Gasteiger partial charge in [0.1, 0.15) is 6.10 Å². The standard InChI is InChI=1S/C8H14N2O2/c11-8-10-5-7(12-8)6-3-1-2-4-9-6/h6-7,9H,1-5H2,(H,10,11). The molecule has 2 fully saturated rings. The van der Waals surface area contributed by atoms with Gasteiger partial charge in [0.05, 0.1) is 6.54 Å². The molecule has 2 rings (SSSR count). The lowest BCUT2D eigenvalue weighted by Crippen LogP contribution is -2.44. The number of amides is 1. The predicted octanol–water partition coefficient (Wildman–Crippen LogP) is 0.237. The number of carbonyl (C=O) groups excluding carboxylic acids is 1. The average Bonchev–Trinajstić information content (AvgIpc) is 2.54. The van der Waals surface area contributed by atoms with Crippen molar-refractivity contribution in [3.63, 3.8) is 0 Å². The Kier molecular flexibility index (Phi) is 2.17. The number of ether oxygens (including phenoxy) is 1. The molecule has 2 atom stereocenters. The van der Waals surface area contributed by atoms with Crippen molar-refractivity contribution in [1.82, 2.24) is 10.6 Å². The van der Waals surface area contributed by atoms with Crippen molar-refractivity contribution in [2.75, 3.05) is 13.1 Å². The molecule has 2 heterocycles. The molecule has 12 heavy (non-hydrogen) atoms. The maximum absolute atomic E-state index is 10.7. The fourth-order valence-corrected chi connectivity index (χ4v) is 1.83. The summed E-state index contributed by atoms with van der Waals surface area (Å²) in [5.74, 6) is 0. The third kappa shape index (κ3) is 1.53. The first-order chi connectivity index (χ1) is 5.86. The van der Waals surface area contributed by atoms with E-state index >= 15 is 0 Å². The van der Waals surface area contributed by atoms with Crippen molar-refractivity contribution in [2.45, 2.75) is 31.4 Å². The van der Waals surface area contributed by atoms with Gasteiger partial charge in [-0.05, 0) is 19.4 Å². The van der Waals surface area contributed by atoms with Crippen molar-refractivity contribution in [1.29, 1.82) is 0 Å². The average molecular weight is 170 g/mol. The Bertz CT molecular complexity index is 178. The van der Waals surface area contributed by atoms with Crippen LogP contribution in [0.3, 0.4) is 0 Å². The van der Waals surface area contributed by atoms with E-state index in [2.05, 4.69) is 10.6 Å². The van der Waals surface area contributed by atoms with E-state index < -0.39 is 0 Å². The quantitative estimate of drug-likeness (QED) is 0.592. The van der Waals surface area contributed by atoms with Gasteiger partial charge in [-0.2, -0.15) is 0 Å². The number of carbonyl (C=O) groups is 1. The van der Waals surface area contributed by atoms with Crippen LogP contribution in [0, 0.1) is 0 Å². The summed E-state index contributed by atoms with van der Waals surface area (Å²) in [6.07, 6.45) is 3.39. The van der Waals surface area contributed by atoms with Crippen LogP contribution in [-0.4, -0.2) is 31.3 Å². The van der Waals surface area contributed by atoms with Gasteiger partial charge in [-0.1, -0.05) is 6.42 Å². The molecular weight excluding hydrogens is 156 g/mol. The summed E-state index contributed by atoms with van der Waals surface area (Å²) in [5, 5.41) is 6.03. The molecule has 0 aliphatic carbocycles. The molecule has 0 aromatic carbocycles. The minimum atomic E-state index is -0.271. The maximum Gasteiger partial charge on any atom is 0.407 e. The van der Waals surface area contributed by atoms with E-state index in [1.807, 2.05) is 0 Å². The molecule has 0 aromatic heterocycles. The first-order valence-electron chi connectivity index (χ1n) is 4.54. The van der Waals surface area contributed by atoms with Crippen LogP contribution in [0.2, 0.25) is 0 Å². The lowest BCUT2D eigenvalue weighted by molar-refractivity contribution is 0.108. The number of rotatable bonds is 1. The number of hydrogen-bond donors (Lipinski definition) is 2. The maximum atomic E-state index is 10.7. The van der Waals surface area contributed by atoms with Gasteiger partial charge in [0.15, 0.2) is 0 Å². The molecule has 0 saturated carbocycles. The second-order valence-corrected chi connectivity index (χ2v) is 3.38. The summed E-state index contributed by atoms with van der Waals surface area (Å²) >= 11 is 0. The SMILES string of the molecule is O=C1NCC(C2CCCCN2)O1. The highest BCUT2D eigenvalue weighted by atomic mass is 16.6. The Morgan fingerprint density at radius 2 is 2.33 bits per heavy atom. The van der Waals surface area contributed by atoms with Gasteiger partial charge >= 0.3 is 6.09 Å². The molecule has 4 nitrogen and oxygen atoms in total. The first-order valence-corrected chi connectivity index (χ1v) is 4.54. The fraction of sp³-hybridized carbons (Fsp3) is 0.875. The number of alkyl carbamates (subject to hydrolysis) is 1. The molecule has 2 aliphatic rings. The van der Waals surface area contributed by atoms with Gasteiger partial charge in [-0.3, -0.25) is 0 Å². The van der Waals surface area contributed by atoms with Gasteiger partial charge in [0.25, 0.3) is 0 Å². The molecule has 0 radical (unpaired) electrons. The van der Waals surface area contributed by atoms with Crippen LogP contribution in [0.25, 0.3) is 0 Å². The van der Waals surface area contributed by atoms with Crippen molar-refractivity contribution >= 4 is 6.09 Å². The summed E-state index contributed by atoms with van der Waals surface area (Å²) < 4.78 is 5.09. The van der Waals surface area contributed by atoms with E-state index in [4.69, 9.17) is 4.74 Å². The lowest BCUT2D eigenvalue weighted by Gasteiger charge is -2.26. The normalized spacial score (nSPS) is 35.8. The van der Waals surface area contributed by atoms with E-state index in [1.54, 1.807) is 0 Å². The minimum absolute atomic E-state index is 0.0535. The zero-order valence-electron chi connectivity index (χ0n) is 7.01. The van der Waals surface area contributed by atoms with Gasteiger partial charge < -0.3 is 15.4 Å². The zero-order valence-corrected chi connectivity index (χ0v) is 7.01. The topological polar surface area (TPSA) is 50.4 Å². The third-order valence-corrected chi connectivity index (χ3v) is 2.50. The van der Waals surface area contributed by atoms with E-state index in [-0.39, 0.29) is 12.2 Å². The predicted molar refractivity (Wildman–Crippen MR) is 43.9 cm³/mol. The minimum Gasteiger partial charge on any atom is -0.443 e. The summed E-state index contributed by atoms with van der Waals surface area (Å²) in [6, 6.07) is 0.373. The molecule has 2 saturated heterocycles. The molecule has 4 heteroatoms. The van der Waals surface area contributed by atoms with Crippen LogP contribution in [-0.2, 0) is 4.74 Å². The summed E-state index contributed by atoms with van der Waals surface area (Å²) in [6.45, 7) is 1.72. The molecule has 0 bridgehead atoms. The zero-order chi connectivity index (χ0) is 8.39. The van der Waals surface area contributed by atoms with Gasteiger partial charge in [0.2, 0.25) is 0 Å². The van der Waals surface area contributed by atoms with Crippen LogP contribution in [0.4, 0.5) is 4.79 Å². The van der Waals surface area contributed by atoms with Gasteiger partial charge in [-0.15, -0.1) is 0 Å². The molecule has 1 amide bonds. The van der Waals surface area contributed by atoms with E-state index in [9.17, 15) is 4.79 Å². The summed E-state index contributed by atoms with van der Waals surface area (Å²) in [4.78, 5) is 10.7. The number of hydrogen-bond acceptors (Lipinski definition) is 3. The highest BCUT2D eigenvalue weighted by Crippen LogP contribution is 2.14. The second kappa shape index (κ2) is 3.31. The monoisotopic (exact) mass is 170 g/mol. The molecule has 68 valence electrons. The molecule has 2 N–H and O–H groups in total. The number of cyclic esters (lactones) is 1. The third-order valence-electron chi connectivity index (χ3n) is 2.50. The molecule has 0 aromatic rings. The Labute approximate surface area is 71.7 Å². The fourth-order valence-electron chi connectivity index (χ4n) is 1.83. The van der Waals surface area contributed by atoms with E-state index in [1.165, 1.54) is 12.8 Å². The van der Waals surface area contributed by atoms with Crippen molar-refractivity contribution in [2.24, 2.45) is 0 Å². The summed E-state index contributed by atoms with van der Waals surface area (Å²) in [5.41, 5.74) is 0. The van der Waals surface area contributed by atoms with Crippen LogP contribution in [0.5, 0.6) is 0 Å². The molecule has 0 spiro atoms. The van der Waals surface area contributed by atoms with Crippen LogP contribution < -0.4 is 10.6 Å². The second-order valence-electron chi connectivity index (χ2n) is 3.38. The van der Waals surface area contributed by atoms with Crippen molar-refractivity contribution in [3.8, 4) is 0 Å². The highest BCUT2D eigenvalue weighted by Gasteiger charge is 2.31. The Balaban J connectivity index is 1.86. The van der Waals surface area contributed by atoms with Crippen molar-refractivity contribution in [3.05, 3.63) is 0 Å². The van der Waals surface area contributed by atoms with Crippen LogP contribution in [0.1, 0.15) is 19.3 Å². The van der Waals surface area contributed by atoms with Crippen molar-refractivity contribution < 1.29 is 9.53 Å². The smallest absolute Gasteiger partial charge is 0.407 e. The van der Waals surface area contributed by atoms with E-state index in [0.29, 0.717) is 12.6 Å². The largest absolute Gasteiger partial charge is 0.443 e. The van der Waals surface area contributed by atoms with E-state index in [0.717, 1.165) is 13.0 Å². The summed E-state index contributed by atoms with van der Waals surface area (Å²) in [7, 11) is 0.